The number of aryl methyl sites for hydroxylation is 1. The lowest BCUT2D eigenvalue weighted by Gasteiger charge is -2.22. The van der Waals surface area contributed by atoms with Crippen LogP contribution < -0.4 is 0 Å². The molecule has 4 aliphatic carbocycles. The van der Waals surface area contributed by atoms with E-state index in [-0.39, 0.29) is 0 Å². The van der Waals surface area contributed by atoms with Gasteiger partial charge in [-0.1, -0.05) is 39.0 Å². The Kier molecular flexibility index (Phi) is 5.07. The van der Waals surface area contributed by atoms with Gasteiger partial charge in [0.2, 0.25) is 0 Å². The molecule has 4 fully saturated rings. The predicted molar refractivity (Wildman–Crippen MR) is 113 cm³/mol. The van der Waals surface area contributed by atoms with Crippen LogP contribution in [0.1, 0.15) is 113 Å². The summed E-state index contributed by atoms with van der Waals surface area (Å²) < 4.78 is 0. The molecule has 1 nitrogen and oxygen atoms in total. The standard InChI is InChI=1S/C26H39N/c1-17-12-25(19-8-5-9-20-14-21(20)11-10-19)27-26(13-17)22-7-4-3-6-18(2)24-16-23(24)15-22/h12-13,18-24H,3-11,14-16H2,1-2H3. The van der Waals surface area contributed by atoms with Crippen molar-refractivity contribution in [1.82, 2.24) is 4.98 Å². The largest absolute Gasteiger partial charge is 0.257 e. The van der Waals surface area contributed by atoms with Gasteiger partial charge in [-0.25, -0.2) is 0 Å². The highest BCUT2D eigenvalue weighted by atomic mass is 14.7. The maximum atomic E-state index is 5.37. The molecule has 4 aliphatic rings. The molecular weight excluding hydrogens is 326 g/mol. The first-order valence-corrected chi connectivity index (χ1v) is 12.2. The van der Waals surface area contributed by atoms with Crippen molar-refractivity contribution in [1.29, 1.82) is 0 Å². The van der Waals surface area contributed by atoms with Crippen molar-refractivity contribution in [3.8, 4) is 0 Å². The first kappa shape index (κ1) is 18.2. The number of fused-ring (bicyclic) bond motifs is 2. The van der Waals surface area contributed by atoms with Gasteiger partial charge < -0.3 is 0 Å². The molecule has 0 aliphatic heterocycles. The molecule has 0 N–H and O–H groups in total. The minimum absolute atomic E-state index is 0.727. The van der Waals surface area contributed by atoms with Crippen molar-refractivity contribution < 1.29 is 0 Å². The van der Waals surface area contributed by atoms with Crippen LogP contribution in [0.2, 0.25) is 0 Å². The second-order valence-corrected chi connectivity index (χ2v) is 10.8. The van der Waals surface area contributed by atoms with Crippen LogP contribution >= 0.6 is 0 Å². The van der Waals surface area contributed by atoms with E-state index >= 15 is 0 Å². The Morgan fingerprint density at radius 2 is 1.44 bits per heavy atom. The van der Waals surface area contributed by atoms with E-state index in [1.54, 1.807) is 0 Å². The molecule has 0 bridgehead atoms. The molecule has 1 aromatic heterocycles. The summed E-state index contributed by atoms with van der Waals surface area (Å²) in [5, 5.41) is 0. The smallest absolute Gasteiger partial charge is 0.0440 e. The number of hydrogen-bond acceptors (Lipinski definition) is 1. The van der Waals surface area contributed by atoms with Crippen LogP contribution in [0.4, 0.5) is 0 Å². The number of nitrogens with zero attached hydrogens (tertiary/aromatic N) is 1. The Labute approximate surface area is 166 Å². The van der Waals surface area contributed by atoms with Crippen molar-refractivity contribution in [2.24, 2.45) is 29.6 Å². The monoisotopic (exact) mass is 365 g/mol. The van der Waals surface area contributed by atoms with E-state index in [0.717, 1.165) is 41.4 Å². The highest BCUT2D eigenvalue weighted by Crippen LogP contribution is 2.52. The average molecular weight is 366 g/mol. The van der Waals surface area contributed by atoms with Crippen LogP contribution in [-0.4, -0.2) is 4.98 Å². The van der Waals surface area contributed by atoms with E-state index < -0.39 is 0 Å². The summed E-state index contributed by atoms with van der Waals surface area (Å²) in [6.45, 7) is 4.82. The first-order chi connectivity index (χ1) is 13.2. The quantitative estimate of drug-likeness (QED) is 0.532. The molecule has 7 unspecified atom stereocenters. The number of hydrogen-bond donors (Lipinski definition) is 0. The van der Waals surface area contributed by atoms with Gasteiger partial charge in [0.15, 0.2) is 0 Å². The van der Waals surface area contributed by atoms with Crippen LogP contribution in [0.25, 0.3) is 0 Å². The van der Waals surface area contributed by atoms with Crippen LogP contribution in [0.3, 0.4) is 0 Å². The molecule has 148 valence electrons. The van der Waals surface area contributed by atoms with Crippen LogP contribution in [0.5, 0.6) is 0 Å². The van der Waals surface area contributed by atoms with E-state index in [1.807, 2.05) is 0 Å². The Bertz CT molecular complexity index is 664. The minimum Gasteiger partial charge on any atom is -0.257 e. The zero-order valence-electron chi connectivity index (χ0n) is 17.6. The second kappa shape index (κ2) is 7.53. The number of pyridine rings is 1. The zero-order valence-corrected chi connectivity index (χ0v) is 17.6. The summed E-state index contributed by atoms with van der Waals surface area (Å²) in [6.07, 6.45) is 17.3. The summed E-state index contributed by atoms with van der Waals surface area (Å²) in [4.78, 5) is 5.37. The van der Waals surface area contributed by atoms with Gasteiger partial charge in [-0.15, -0.1) is 0 Å². The van der Waals surface area contributed by atoms with Crippen molar-refractivity contribution in [3.05, 3.63) is 29.1 Å². The topological polar surface area (TPSA) is 12.9 Å². The Balaban J connectivity index is 1.34. The van der Waals surface area contributed by atoms with Gasteiger partial charge in [0, 0.05) is 23.2 Å². The molecule has 1 heterocycles. The zero-order chi connectivity index (χ0) is 18.4. The van der Waals surface area contributed by atoms with Gasteiger partial charge in [0.1, 0.15) is 0 Å². The maximum Gasteiger partial charge on any atom is 0.0440 e. The maximum absolute atomic E-state index is 5.37. The highest BCUT2D eigenvalue weighted by molar-refractivity contribution is 5.25. The molecule has 0 amide bonds. The van der Waals surface area contributed by atoms with Crippen LogP contribution in [0.15, 0.2) is 12.1 Å². The molecule has 1 aromatic rings. The Morgan fingerprint density at radius 3 is 2.33 bits per heavy atom. The van der Waals surface area contributed by atoms with Gasteiger partial charge in [-0.2, -0.15) is 0 Å². The molecule has 7 atom stereocenters. The summed E-state index contributed by atoms with van der Waals surface area (Å²) in [5.74, 6) is 6.63. The van der Waals surface area contributed by atoms with Crippen molar-refractivity contribution in [3.63, 3.8) is 0 Å². The molecule has 1 heteroatoms. The predicted octanol–water partition coefficient (Wildman–Crippen LogP) is 7.39. The van der Waals surface area contributed by atoms with Gasteiger partial charge in [-0.3, -0.25) is 4.98 Å². The third kappa shape index (κ3) is 4.13. The molecule has 4 saturated carbocycles. The summed E-state index contributed by atoms with van der Waals surface area (Å²) in [5.41, 5.74) is 4.36. The minimum atomic E-state index is 0.727. The second-order valence-electron chi connectivity index (χ2n) is 10.8. The van der Waals surface area contributed by atoms with Crippen LogP contribution in [-0.2, 0) is 0 Å². The molecule has 0 saturated heterocycles. The third-order valence-electron chi connectivity index (χ3n) is 8.69. The number of aromatic nitrogens is 1. The van der Waals surface area contributed by atoms with E-state index in [0.29, 0.717) is 0 Å². The molecule has 5 rings (SSSR count). The summed E-state index contributed by atoms with van der Waals surface area (Å²) >= 11 is 0. The van der Waals surface area contributed by atoms with Gasteiger partial charge >= 0.3 is 0 Å². The fraction of sp³-hybridized carbons (Fsp3) is 0.808. The Morgan fingerprint density at radius 1 is 0.704 bits per heavy atom. The van der Waals surface area contributed by atoms with Crippen molar-refractivity contribution >= 4 is 0 Å². The molecule has 27 heavy (non-hydrogen) atoms. The van der Waals surface area contributed by atoms with E-state index in [9.17, 15) is 0 Å². The molecule has 0 aromatic carbocycles. The molecular formula is C26H39N. The summed E-state index contributed by atoms with van der Waals surface area (Å²) in [7, 11) is 0. The van der Waals surface area contributed by atoms with Crippen molar-refractivity contribution in [2.45, 2.75) is 103 Å². The molecule has 0 spiro atoms. The SMILES string of the molecule is Cc1cc(C2CCCC3CC3CC2)nc(C2CCCCC(C)C3CC3C2)c1. The van der Waals surface area contributed by atoms with E-state index in [1.165, 1.54) is 94.0 Å². The lowest BCUT2D eigenvalue weighted by atomic mass is 9.86. The highest BCUT2D eigenvalue weighted by Gasteiger charge is 2.42. The van der Waals surface area contributed by atoms with Crippen LogP contribution in [0, 0.1) is 36.5 Å². The van der Waals surface area contributed by atoms with Gasteiger partial charge in [0.05, 0.1) is 0 Å². The lowest BCUT2D eigenvalue weighted by Crippen LogP contribution is -2.10. The fourth-order valence-electron chi connectivity index (χ4n) is 6.70. The van der Waals surface area contributed by atoms with Gasteiger partial charge in [-0.05, 0) is 99.2 Å². The number of rotatable bonds is 2. The average Bonchev–Trinajstić information content (AvgIpc) is 3.54. The van der Waals surface area contributed by atoms with Gasteiger partial charge in [0.25, 0.3) is 0 Å². The Hall–Kier alpha value is -0.850. The molecule has 0 radical (unpaired) electrons. The first-order valence-electron chi connectivity index (χ1n) is 12.2. The third-order valence-corrected chi connectivity index (χ3v) is 8.69. The fourth-order valence-corrected chi connectivity index (χ4v) is 6.70. The van der Waals surface area contributed by atoms with E-state index in [4.69, 9.17) is 4.98 Å². The lowest BCUT2D eigenvalue weighted by molar-refractivity contribution is 0.429. The normalized spacial score (nSPS) is 41.8. The van der Waals surface area contributed by atoms with Crippen molar-refractivity contribution in [2.75, 3.05) is 0 Å². The van der Waals surface area contributed by atoms with E-state index in [2.05, 4.69) is 26.0 Å². The summed E-state index contributed by atoms with van der Waals surface area (Å²) in [6, 6.07) is 4.87.